The first-order chi connectivity index (χ1) is 15.7. The van der Waals surface area contributed by atoms with E-state index in [9.17, 15) is 14.4 Å². The highest BCUT2D eigenvalue weighted by molar-refractivity contribution is 8.26. The third-order valence-corrected chi connectivity index (χ3v) is 6.29. The number of benzene rings is 2. The van der Waals surface area contributed by atoms with Crippen LogP contribution in [0.2, 0.25) is 5.02 Å². The van der Waals surface area contributed by atoms with Gasteiger partial charge in [-0.2, -0.15) is 5.01 Å². The Labute approximate surface area is 203 Å². The van der Waals surface area contributed by atoms with E-state index >= 15 is 0 Å². The predicted molar refractivity (Wildman–Crippen MR) is 130 cm³/mol. The van der Waals surface area contributed by atoms with Crippen molar-refractivity contribution in [2.24, 2.45) is 0 Å². The highest BCUT2D eigenvalue weighted by atomic mass is 35.5. The second-order valence-corrected chi connectivity index (χ2v) is 9.11. The Balaban J connectivity index is 1.52. The van der Waals surface area contributed by atoms with Gasteiger partial charge in [-0.3, -0.25) is 15.0 Å². The Hall–Kier alpha value is -3.40. The van der Waals surface area contributed by atoms with Crippen molar-refractivity contribution in [2.45, 2.75) is 6.92 Å². The van der Waals surface area contributed by atoms with Gasteiger partial charge in [0, 0.05) is 11.6 Å². The first-order valence-electron chi connectivity index (χ1n) is 9.51. The summed E-state index contributed by atoms with van der Waals surface area (Å²) in [5, 5.41) is 10.4. The molecule has 2 aromatic carbocycles. The lowest BCUT2D eigenvalue weighted by Gasteiger charge is -2.16. The maximum absolute atomic E-state index is 12.8. The molecule has 33 heavy (non-hydrogen) atoms. The van der Waals surface area contributed by atoms with Gasteiger partial charge in [0.25, 0.3) is 11.8 Å². The van der Waals surface area contributed by atoms with Crippen molar-refractivity contribution in [1.82, 2.24) is 10.4 Å². The number of halogens is 1. The fourth-order valence-electron chi connectivity index (χ4n) is 3.05. The summed E-state index contributed by atoms with van der Waals surface area (Å²) in [5.74, 6) is -1.29. The van der Waals surface area contributed by atoms with E-state index in [0.717, 1.165) is 22.3 Å². The van der Waals surface area contributed by atoms with Crippen molar-refractivity contribution in [1.29, 1.82) is 0 Å². The van der Waals surface area contributed by atoms with Crippen LogP contribution in [-0.4, -0.2) is 32.2 Å². The Morgan fingerprint density at radius 1 is 1.18 bits per heavy atom. The monoisotopic (exact) mass is 498 g/mol. The van der Waals surface area contributed by atoms with Crippen LogP contribution in [0.1, 0.15) is 32.0 Å². The van der Waals surface area contributed by atoms with Crippen LogP contribution in [0, 0.1) is 6.92 Å². The van der Waals surface area contributed by atoms with Crippen molar-refractivity contribution in [3.8, 4) is 11.3 Å². The Morgan fingerprint density at radius 3 is 2.70 bits per heavy atom. The van der Waals surface area contributed by atoms with Crippen LogP contribution in [0.5, 0.6) is 0 Å². The minimum absolute atomic E-state index is 0.135. The number of carboxylic acids is 1. The van der Waals surface area contributed by atoms with Gasteiger partial charge in [0.1, 0.15) is 11.5 Å². The molecule has 0 unspecified atom stereocenters. The molecule has 0 atom stereocenters. The molecule has 0 bridgehead atoms. The van der Waals surface area contributed by atoms with Gasteiger partial charge in [-0.25, -0.2) is 4.79 Å². The average Bonchev–Trinajstić information content (AvgIpc) is 3.34. The molecule has 10 heteroatoms. The zero-order valence-corrected chi connectivity index (χ0v) is 19.4. The van der Waals surface area contributed by atoms with E-state index in [1.807, 2.05) is 6.92 Å². The summed E-state index contributed by atoms with van der Waals surface area (Å²) >= 11 is 12.4. The number of amides is 2. The van der Waals surface area contributed by atoms with Crippen LogP contribution in [0.3, 0.4) is 0 Å². The number of carbonyl (C=O) groups is 3. The second kappa shape index (κ2) is 9.22. The molecule has 1 aromatic heterocycles. The standard InChI is InChI=1S/C23H15ClN2O5S2/c1-12-5-7-16(17(24)9-12)20(27)25-26-21(28)19(33-23(26)32)11-15-6-8-18(31-15)13-3-2-4-14(10-13)22(29)30/h2-11H,1H3,(H,25,27)(H,29,30)/b19-11+. The largest absolute Gasteiger partial charge is 0.478 e. The molecular formula is C23H15ClN2O5S2. The maximum Gasteiger partial charge on any atom is 0.335 e. The van der Waals surface area contributed by atoms with Crippen LogP contribution in [0.4, 0.5) is 0 Å². The van der Waals surface area contributed by atoms with Crippen LogP contribution in [0.25, 0.3) is 17.4 Å². The number of hydrogen-bond donors (Lipinski definition) is 2. The molecule has 2 heterocycles. The van der Waals surface area contributed by atoms with Gasteiger partial charge < -0.3 is 9.52 Å². The Morgan fingerprint density at radius 2 is 1.97 bits per heavy atom. The third kappa shape index (κ3) is 4.85. The Bertz CT molecular complexity index is 1350. The van der Waals surface area contributed by atoms with Gasteiger partial charge in [0.05, 0.1) is 21.1 Å². The molecule has 3 aromatic rings. The summed E-state index contributed by atoms with van der Waals surface area (Å²) in [6, 6.07) is 14.6. The minimum atomic E-state index is -1.04. The molecule has 1 aliphatic rings. The number of aromatic carboxylic acids is 1. The number of nitrogens with zero attached hydrogens (tertiary/aromatic N) is 1. The molecule has 2 N–H and O–H groups in total. The van der Waals surface area contributed by atoms with Crippen molar-refractivity contribution in [2.75, 3.05) is 0 Å². The van der Waals surface area contributed by atoms with E-state index in [2.05, 4.69) is 5.43 Å². The van der Waals surface area contributed by atoms with Crippen molar-refractivity contribution in [3.63, 3.8) is 0 Å². The van der Waals surface area contributed by atoms with E-state index < -0.39 is 17.8 Å². The number of furan rings is 1. The number of nitrogens with one attached hydrogen (secondary N) is 1. The molecule has 0 aliphatic carbocycles. The molecule has 0 saturated carbocycles. The number of hydrogen-bond acceptors (Lipinski definition) is 6. The van der Waals surface area contributed by atoms with E-state index in [-0.39, 0.29) is 25.4 Å². The fourth-order valence-corrected chi connectivity index (χ4v) is 4.53. The van der Waals surface area contributed by atoms with E-state index in [4.69, 9.17) is 33.3 Å². The van der Waals surface area contributed by atoms with E-state index in [1.54, 1.807) is 42.5 Å². The summed E-state index contributed by atoms with van der Waals surface area (Å²) in [7, 11) is 0. The molecule has 1 saturated heterocycles. The number of hydrazine groups is 1. The fraction of sp³-hybridized carbons (Fsp3) is 0.0435. The van der Waals surface area contributed by atoms with Crippen molar-refractivity contribution in [3.05, 3.63) is 87.0 Å². The van der Waals surface area contributed by atoms with Crippen LogP contribution >= 0.6 is 35.6 Å². The van der Waals surface area contributed by atoms with Gasteiger partial charge in [0.2, 0.25) is 0 Å². The molecule has 1 fully saturated rings. The normalized spacial score (nSPS) is 14.7. The number of aryl methyl sites for hydroxylation is 1. The topological polar surface area (TPSA) is 99.9 Å². The smallest absolute Gasteiger partial charge is 0.335 e. The van der Waals surface area contributed by atoms with Gasteiger partial charge in [-0.15, -0.1) is 0 Å². The number of thiocarbonyl (C=S) groups is 1. The zero-order valence-electron chi connectivity index (χ0n) is 17.0. The SMILES string of the molecule is Cc1ccc(C(=O)NN2C(=O)/C(=C\c3ccc(-c4cccc(C(=O)O)c4)o3)SC2=S)c(Cl)c1. The molecule has 0 radical (unpaired) electrons. The highest BCUT2D eigenvalue weighted by Crippen LogP contribution is 2.33. The number of rotatable bonds is 5. The van der Waals surface area contributed by atoms with Gasteiger partial charge in [-0.1, -0.05) is 41.6 Å². The Kier molecular flexibility index (Phi) is 6.37. The van der Waals surface area contributed by atoms with E-state index in [1.165, 1.54) is 18.2 Å². The third-order valence-electron chi connectivity index (χ3n) is 4.67. The summed E-state index contributed by atoms with van der Waals surface area (Å²) in [6.07, 6.45) is 1.51. The van der Waals surface area contributed by atoms with Gasteiger partial charge in [0.15, 0.2) is 4.32 Å². The number of carboxylic acid groups (broad SMARTS) is 1. The molecule has 0 spiro atoms. The molecule has 2 amide bonds. The molecular weight excluding hydrogens is 484 g/mol. The molecule has 1 aliphatic heterocycles. The number of carbonyl (C=O) groups excluding carboxylic acids is 2. The molecule has 4 rings (SSSR count). The molecule has 7 nitrogen and oxygen atoms in total. The first-order valence-corrected chi connectivity index (χ1v) is 11.1. The van der Waals surface area contributed by atoms with Crippen molar-refractivity contribution >= 4 is 63.8 Å². The first kappa shape index (κ1) is 22.8. The average molecular weight is 499 g/mol. The van der Waals surface area contributed by atoms with Crippen molar-refractivity contribution < 1.29 is 23.9 Å². The summed E-state index contributed by atoms with van der Waals surface area (Å²) in [5.41, 5.74) is 4.33. The molecule has 166 valence electrons. The van der Waals surface area contributed by atoms with Crippen LogP contribution < -0.4 is 5.43 Å². The van der Waals surface area contributed by atoms with Gasteiger partial charge in [-0.05, 0) is 61.1 Å². The quantitative estimate of drug-likeness (QED) is 0.370. The maximum atomic E-state index is 12.8. The lowest BCUT2D eigenvalue weighted by atomic mass is 10.1. The van der Waals surface area contributed by atoms with E-state index in [0.29, 0.717) is 17.1 Å². The van der Waals surface area contributed by atoms with Crippen LogP contribution in [-0.2, 0) is 4.79 Å². The second-order valence-electron chi connectivity index (χ2n) is 7.03. The van der Waals surface area contributed by atoms with Gasteiger partial charge >= 0.3 is 5.97 Å². The highest BCUT2D eigenvalue weighted by Gasteiger charge is 2.34. The lowest BCUT2D eigenvalue weighted by molar-refractivity contribution is -0.123. The lowest BCUT2D eigenvalue weighted by Crippen LogP contribution is -2.44. The summed E-state index contributed by atoms with van der Waals surface area (Å²) in [4.78, 5) is 36.8. The predicted octanol–water partition coefficient (Wildman–Crippen LogP) is 5.15. The zero-order chi connectivity index (χ0) is 23.7. The number of thioether (sulfide) groups is 1. The minimum Gasteiger partial charge on any atom is -0.478 e. The summed E-state index contributed by atoms with van der Waals surface area (Å²) in [6.45, 7) is 1.85. The summed E-state index contributed by atoms with van der Waals surface area (Å²) < 4.78 is 5.92. The van der Waals surface area contributed by atoms with Crippen LogP contribution in [0.15, 0.2) is 63.9 Å².